The SMILES string of the molecule is CC(=O)N1CCN(CC2(O)CCN(c3cccc(F)c3)CC2)CC(O)(COc2cccc(F)c2)C1. The van der Waals surface area contributed by atoms with Gasteiger partial charge in [-0.05, 0) is 43.2 Å². The zero-order valence-corrected chi connectivity index (χ0v) is 20.0. The number of hydrogen-bond acceptors (Lipinski definition) is 6. The Morgan fingerprint density at radius 2 is 1.63 bits per heavy atom. The number of nitrogens with zero attached hydrogens (tertiary/aromatic N) is 3. The molecule has 0 aliphatic carbocycles. The van der Waals surface area contributed by atoms with Crippen LogP contribution in [0.4, 0.5) is 14.5 Å². The minimum atomic E-state index is -1.40. The van der Waals surface area contributed by atoms with E-state index in [9.17, 15) is 23.8 Å². The molecule has 2 fully saturated rings. The normalized spacial score (nSPS) is 23.1. The van der Waals surface area contributed by atoms with Crippen LogP contribution in [-0.4, -0.2) is 89.5 Å². The van der Waals surface area contributed by atoms with E-state index in [2.05, 4.69) is 4.90 Å². The summed E-state index contributed by atoms with van der Waals surface area (Å²) in [6.07, 6.45) is 0.989. The van der Waals surface area contributed by atoms with Crippen molar-refractivity contribution >= 4 is 11.6 Å². The van der Waals surface area contributed by atoms with E-state index in [1.807, 2.05) is 11.0 Å². The summed E-state index contributed by atoms with van der Waals surface area (Å²) in [6, 6.07) is 12.1. The maximum Gasteiger partial charge on any atom is 0.219 e. The number of hydrogen-bond donors (Lipinski definition) is 2. The van der Waals surface area contributed by atoms with Crippen molar-refractivity contribution in [3.05, 3.63) is 60.2 Å². The van der Waals surface area contributed by atoms with E-state index in [4.69, 9.17) is 4.74 Å². The molecule has 1 amide bonds. The zero-order valence-electron chi connectivity index (χ0n) is 20.0. The fourth-order valence-electron chi connectivity index (χ4n) is 4.94. The predicted molar refractivity (Wildman–Crippen MR) is 128 cm³/mol. The third-order valence-electron chi connectivity index (χ3n) is 6.82. The van der Waals surface area contributed by atoms with Gasteiger partial charge in [-0.3, -0.25) is 9.69 Å². The van der Waals surface area contributed by atoms with E-state index in [1.165, 1.54) is 37.3 Å². The standard InChI is InChI=1S/C26H33F2N3O4/c1-20(32)31-13-12-29(17-26(34,18-31)19-35-24-7-3-5-22(28)15-24)16-25(33)8-10-30(11-9-25)23-6-2-4-21(27)14-23/h2-7,14-15,33-34H,8-13,16-19H2,1H3. The van der Waals surface area contributed by atoms with Crippen LogP contribution in [0.1, 0.15) is 19.8 Å². The van der Waals surface area contributed by atoms with E-state index < -0.39 is 17.0 Å². The van der Waals surface area contributed by atoms with Crippen LogP contribution in [0.15, 0.2) is 48.5 Å². The Bertz CT molecular complexity index is 1030. The van der Waals surface area contributed by atoms with Crippen molar-refractivity contribution in [2.45, 2.75) is 31.0 Å². The smallest absolute Gasteiger partial charge is 0.219 e. The molecule has 2 heterocycles. The second kappa shape index (κ2) is 10.5. The molecule has 1 unspecified atom stereocenters. The van der Waals surface area contributed by atoms with Gasteiger partial charge in [0.25, 0.3) is 0 Å². The summed E-state index contributed by atoms with van der Waals surface area (Å²) in [6.45, 7) is 4.03. The highest BCUT2D eigenvalue weighted by atomic mass is 19.1. The summed E-state index contributed by atoms with van der Waals surface area (Å²) < 4.78 is 32.8. The molecule has 2 aromatic rings. The molecule has 2 N–H and O–H groups in total. The monoisotopic (exact) mass is 489 g/mol. The second-order valence-corrected chi connectivity index (χ2v) is 9.81. The molecule has 0 saturated carbocycles. The molecule has 4 rings (SSSR count). The summed E-state index contributed by atoms with van der Waals surface area (Å²) in [7, 11) is 0. The highest BCUT2D eigenvalue weighted by Crippen LogP contribution is 2.29. The van der Waals surface area contributed by atoms with Gasteiger partial charge in [-0.1, -0.05) is 12.1 Å². The van der Waals surface area contributed by atoms with Gasteiger partial charge >= 0.3 is 0 Å². The lowest BCUT2D eigenvalue weighted by Gasteiger charge is -2.42. The largest absolute Gasteiger partial charge is 0.490 e. The van der Waals surface area contributed by atoms with E-state index in [-0.39, 0.29) is 31.4 Å². The number of benzene rings is 2. The Labute approximate surface area is 204 Å². The van der Waals surface area contributed by atoms with Crippen LogP contribution in [0.25, 0.3) is 0 Å². The second-order valence-electron chi connectivity index (χ2n) is 9.81. The van der Waals surface area contributed by atoms with E-state index in [1.54, 1.807) is 17.0 Å². The van der Waals surface area contributed by atoms with Crippen molar-refractivity contribution in [2.24, 2.45) is 0 Å². The zero-order chi connectivity index (χ0) is 25.1. The summed E-state index contributed by atoms with van der Waals surface area (Å²) in [4.78, 5) is 17.7. The van der Waals surface area contributed by atoms with Gasteiger partial charge in [0.1, 0.15) is 29.6 Å². The molecular weight excluding hydrogens is 456 g/mol. The van der Waals surface area contributed by atoms with Crippen LogP contribution in [0, 0.1) is 11.6 Å². The first-order valence-electron chi connectivity index (χ1n) is 11.9. The van der Waals surface area contributed by atoms with Crippen LogP contribution in [0.2, 0.25) is 0 Å². The number of piperidine rings is 1. The summed E-state index contributed by atoms with van der Waals surface area (Å²) in [5, 5.41) is 22.8. The average molecular weight is 490 g/mol. The van der Waals surface area contributed by atoms with Crippen LogP contribution < -0.4 is 9.64 Å². The minimum absolute atomic E-state index is 0.0833. The van der Waals surface area contributed by atoms with Gasteiger partial charge in [0.2, 0.25) is 5.91 Å². The number of β-amino-alcohol motifs (C(OH)–C–C–N with tert-alkyl or cyclic N) is 2. The maximum absolute atomic E-state index is 13.6. The van der Waals surface area contributed by atoms with Crippen molar-refractivity contribution < 1.29 is 28.5 Å². The summed E-state index contributed by atoms with van der Waals surface area (Å²) in [5.41, 5.74) is -1.57. The molecule has 2 aliphatic heterocycles. The molecule has 0 aromatic heterocycles. The molecule has 0 radical (unpaired) electrons. The lowest BCUT2D eigenvalue weighted by Crippen LogP contribution is -2.55. The molecule has 190 valence electrons. The van der Waals surface area contributed by atoms with Crippen molar-refractivity contribution in [1.82, 2.24) is 9.80 Å². The fourth-order valence-corrected chi connectivity index (χ4v) is 4.94. The van der Waals surface area contributed by atoms with Gasteiger partial charge in [0.15, 0.2) is 0 Å². The summed E-state index contributed by atoms with van der Waals surface area (Å²) in [5.74, 6) is -0.582. The average Bonchev–Trinajstić information content (AvgIpc) is 2.97. The lowest BCUT2D eigenvalue weighted by atomic mass is 9.90. The molecule has 0 bridgehead atoms. The van der Waals surface area contributed by atoms with Gasteiger partial charge < -0.3 is 24.7 Å². The van der Waals surface area contributed by atoms with Crippen LogP contribution in [-0.2, 0) is 4.79 Å². The van der Waals surface area contributed by atoms with Crippen LogP contribution >= 0.6 is 0 Å². The minimum Gasteiger partial charge on any atom is -0.490 e. The van der Waals surface area contributed by atoms with Gasteiger partial charge in [0.05, 0.1) is 12.1 Å². The molecular formula is C26H33F2N3O4. The Kier molecular flexibility index (Phi) is 7.59. The Hall–Kier alpha value is -2.75. The Morgan fingerprint density at radius 1 is 0.943 bits per heavy atom. The summed E-state index contributed by atoms with van der Waals surface area (Å²) >= 11 is 0. The van der Waals surface area contributed by atoms with Crippen molar-refractivity contribution in [3.63, 3.8) is 0 Å². The molecule has 0 spiro atoms. The fraction of sp³-hybridized carbons (Fsp3) is 0.500. The van der Waals surface area contributed by atoms with Crippen molar-refractivity contribution in [2.75, 3.05) is 57.3 Å². The van der Waals surface area contributed by atoms with E-state index in [0.29, 0.717) is 51.3 Å². The number of carbonyl (C=O) groups excluding carboxylic acids is 1. The van der Waals surface area contributed by atoms with E-state index in [0.717, 1.165) is 5.69 Å². The molecule has 7 nitrogen and oxygen atoms in total. The third kappa shape index (κ3) is 6.68. The highest BCUT2D eigenvalue weighted by molar-refractivity contribution is 5.73. The number of amides is 1. The van der Waals surface area contributed by atoms with Crippen LogP contribution in [0.5, 0.6) is 5.75 Å². The maximum atomic E-state index is 13.6. The Balaban J connectivity index is 1.41. The highest BCUT2D eigenvalue weighted by Gasteiger charge is 2.41. The van der Waals surface area contributed by atoms with Gasteiger partial charge in [-0.25, -0.2) is 8.78 Å². The first-order valence-corrected chi connectivity index (χ1v) is 11.9. The van der Waals surface area contributed by atoms with E-state index >= 15 is 0 Å². The molecule has 35 heavy (non-hydrogen) atoms. The Morgan fingerprint density at radius 3 is 2.29 bits per heavy atom. The molecule has 2 aromatic carbocycles. The van der Waals surface area contributed by atoms with Crippen LogP contribution in [0.3, 0.4) is 0 Å². The quantitative estimate of drug-likeness (QED) is 0.649. The molecule has 2 aliphatic rings. The lowest BCUT2D eigenvalue weighted by molar-refractivity contribution is -0.132. The van der Waals surface area contributed by atoms with Crippen molar-refractivity contribution in [3.8, 4) is 5.75 Å². The predicted octanol–water partition coefficient (Wildman–Crippen LogP) is 2.27. The topological polar surface area (TPSA) is 76.5 Å². The van der Waals surface area contributed by atoms with Gasteiger partial charge in [-0.2, -0.15) is 0 Å². The first kappa shape index (κ1) is 25.3. The number of rotatable bonds is 6. The number of ether oxygens (including phenoxy) is 1. The van der Waals surface area contributed by atoms with Gasteiger partial charge in [-0.15, -0.1) is 0 Å². The third-order valence-corrected chi connectivity index (χ3v) is 6.82. The molecule has 1 atom stereocenters. The van der Waals surface area contributed by atoms with Crippen molar-refractivity contribution in [1.29, 1.82) is 0 Å². The molecule has 2 saturated heterocycles. The van der Waals surface area contributed by atoms with Gasteiger partial charge in [0, 0.05) is 57.9 Å². The number of carbonyl (C=O) groups is 1. The molecule has 9 heteroatoms. The number of halogens is 2. The number of anilines is 1. The first-order chi connectivity index (χ1) is 16.6. The number of aliphatic hydroxyl groups is 2.